The fourth-order valence-electron chi connectivity index (χ4n) is 3.08. The van der Waals surface area contributed by atoms with Gasteiger partial charge in [0, 0.05) is 18.6 Å². The van der Waals surface area contributed by atoms with Crippen LogP contribution in [0.5, 0.6) is 0 Å². The molecule has 1 aliphatic rings. The number of imidazole rings is 1. The summed E-state index contributed by atoms with van der Waals surface area (Å²) in [5, 5.41) is 0.506. The standard InChI is InChI=1S/C19H13BrClN3O2S2/c1-22-14-6-3-10(7-15(14)23(2)18(22)26)8-16-17(25)24(19(27)28-16)11-4-5-12(20)13(21)9-11/h3-9H,1-2H3/b16-8+. The van der Waals surface area contributed by atoms with Gasteiger partial charge in [-0.25, -0.2) is 4.79 Å². The summed E-state index contributed by atoms with van der Waals surface area (Å²) < 4.78 is 4.38. The highest BCUT2D eigenvalue weighted by molar-refractivity contribution is 9.10. The molecule has 3 aromatic rings. The highest BCUT2D eigenvalue weighted by Crippen LogP contribution is 2.38. The monoisotopic (exact) mass is 493 g/mol. The number of carbonyl (C=O) groups excluding carboxylic acids is 1. The van der Waals surface area contributed by atoms with Gasteiger partial charge in [0.15, 0.2) is 4.32 Å². The van der Waals surface area contributed by atoms with Crippen LogP contribution < -0.4 is 10.6 Å². The Morgan fingerprint density at radius 2 is 1.79 bits per heavy atom. The molecule has 5 nitrogen and oxygen atoms in total. The van der Waals surface area contributed by atoms with Gasteiger partial charge in [0.25, 0.3) is 5.91 Å². The average Bonchev–Trinajstić information content (AvgIpc) is 3.06. The molecular weight excluding hydrogens is 482 g/mol. The van der Waals surface area contributed by atoms with E-state index in [0.717, 1.165) is 21.1 Å². The molecule has 28 heavy (non-hydrogen) atoms. The van der Waals surface area contributed by atoms with Crippen molar-refractivity contribution in [3.8, 4) is 0 Å². The molecule has 9 heteroatoms. The van der Waals surface area contributed by atoms with Gasteiger partial charge in [-0.05, 0) is 57.9 Å². The van der Waals surface area contributed by atoms with Crippen molar-refractivity contribution >= 4 is 84.5 Å². The second-order valence-electron chi connectivity index (χ2n) is 6.26. The summed E-state index contributed by atoms with van der Waals surface area (Å²) in [6, 6.07) is 10.9. The molecular formula is C19H13BrClN3O2S2. The number of fused-ring (bicyclic) bond motifs is 1. The average molecular weight is 495 g/mol. The summed E-state index contributed by atoms with van der Waals surface area (Å²) >= 11 is 16.2. The predicted molar refractivity (Wildman–Crippen MR) is 123 cm³/mol. The number of hydrogen-bond acceptors (Lipinski definition) is 4. The maximum absolute atomic E-state index is 12.9. The number of benzene rings is 2. The van der Waals surface area contributed by atoms with Gasteiger partial charge < -0.3 is 0 Å². The largest absolute Gasteiger partial charge is 0.328 e. The molecule has 1 fully saturated rings. The maximum Gasteiger partial charge on any atom is 0.328 e. The smallest absolute Gasteiger partial charge is 0.295 e. The van der Waals surface area contributed by atoms with Gasteiger partial charge >= 0.3 is 5.69 Å². The van der Waals surface area contributed by atoms with Crippen LogP contribution in [0, 0.1) is 0 Å². The van der Waals surface area contributed by atoms with Gasteiger partial charge in [0.1, 0.15) is 0 Å². The maximum atomic E-state index is 12.9. The second-order valence-corrected chi connectivity index (χ2v) is 9.20. The number of thiocarbonyl (C=S) groups is 1. The molecule has 142 valence electrons. The molecule has 0 atom stereocenters. The minimum absolute atomic E-state index is 0.0920. The lowest BCUT2D eigenvalue weighted by Crippen LogP contribution is -2.27. The fourth-order valence-corrected chi connectivity index (χ4v) is 4.80. The Morgan fingerprint density at radius 3 is 2.50 bits per heavy atom. The summed E-state index contributed by atoms with van der Waals surface area (Å²) in [6.07, 6.45) is 1.79. The topological polar surface area (TPSA) is 47.2 Å². The summed E-state index contributed by atoms with van der Waals surface area (Å²) in [6.45, 7) is 0. The molecule has 0 N–H and O–H groups in total. The summed E-state index contributed by atoms with van der Waals surface area (Å²) in [7, 11) is 3.46. The zero-order valence-electron chi connectivity index (χ0n) is 14.8. The van der Waals surface area contributed by atoms with Crippen LogP contribution in [0.2, 0.25) is 5.02 Å². The Bertz CT molecular complexity index is 1260. The van der Waals surface area contributed by atoms with Crippen LogP contribution in [0.4, 0.5) is 5.69 Å². The molecule has 2 aromatic carbocycles. The van der Waals surface area contributed by atoms with Crippen LogP contribution in [0.3, 0.4) is 0 Å². The van der Waals surface area contributed by atoms with E-state index in [1.807, 2.05) is 18.2 Å². The number of aryl methyl sites for hydroxylation is 2. The molecule has 1 aliphatic heterocycles. The first-order valence-corrected chi connectivity index (χ1v) is 10.6. The van der Waals surface area contributed by atoms with E-state index in [0.29, 0.717) is 19.9 Å². The molecule has 0 unspecified atom stereocenters. The molecule has 1 saturated heterocycles. The third-order valence-electron chi connectivity index (χ3n) is 4.55. The minimum atomic E-state index is -0.199. The molecule has 0 bridgehead atoms. The van der Waals surface area contributed by atoms with Crippen molar-refractivity contribution in [1.29, 1.82) is 0 Å². The lowest BCUT2D eigenvalue weighted by Gasteiger charge is -2.15. The van der Waals surface area contributed by atoms with E-state index in [9.17, 15) is 9.59 Å². The van der Waals surface area contributed by atoms with Gasteiger partial charge in [-0.15, -0.1) is 0 Å². The Hall–Kier alpha value is -1.87. The van der Waals surface area contributed by atoms with E-state index < -0.39 is 0 Å². The molecule has 1 amide bonds. The number of carbonyl (C=O) groups is 1. The zero-order valence-corrected chi connectivity index (χ0v) is 18.7. The third kappa shape index (κ3) is 3.14. The molecule has 2 heterocycles. The van der Waals surface area contributed by atoms with Gasteiger partial charge in [-0.2, -0.15) is 0 Å². The first-order chi connectivity index (χ1) is 13.3. The third-order valence-corrected chi connectivity index (χ3v) is 7.08. The number of thioether (sulfide) groups is 1. The fraction of sp³-hybridized carbons (Fsp3) is 0.105. The van der Waals surface area contributed by atoms with Crippen LogP contribution >= 0.6 is 51.5 Å². The van der Waals surface area contributed by atoms with Crippen molar-refractivity contribution in [1.82, 2.24) is 9.13 Å². The van der Waals surface area contributed by atoms with Crippen LogP contribution in [0.15, 0.2) is 50.6 Å². The summed E-state index contributed by atoms with van der Waals surface area (Å²) in [5.74, 6) is -0.199. The highest BCUT2D eigenvalue weighted by atomic mass is 79.9. The van der Waals surface area contributed by atoms with E-state index >= 15 is 0 Å². The van der Waals surface area contributed by atoms with Crippen LogP contribution in [0.1, 0.15) is 5.56 Å². The molecule has 0 aliphatic carbocycles. The van der Waals surface area contributed by atoms with E-state index in [1.54, 1.807) is 47.5 Å². The summed E-state index contributed by atoms with van der Waals surface area (Å²) in [4.78, 5) is 27.0. The second kappa shape index (κ2) is 7.18. The number of halogens is 2. The first-order valence-electron chi connectivity index (χ1n) is 8.16. The van der Waals surface area contributed by atoms with Gasteiger partial charge in [-0.3, -0.25) is 18.8 Å². The van der Waals surface area contributed by atoms with E-state index in [1.165, 1.54) is 16.7 Å². The van der Waals surface area contributed by atoms with Gasteiger partial charge in [0.05, 0.1) is 26.6 Å². The van der Waals surface area contributed by atoms with Crippen molar-refractivity contribution in [2.24, 2.45) is 14.1 Å². The van der Waals surface area contributed by atoms with E-state index in [-0.39, 0.29) is 11.6 Å². The van der Waals surface area contributed by atoms with Crippen LogP contribution in [-0.2, 0) is 18.9 Å². The predicted octanol–water partition coefficient (Wildman–Crippen LogP) is 4.70. The zero-order chi connectivity index (χ0) is 20.2. The Morgan fingerprint density at radius 1 is 1.07 bits per heavy atom. The highest BCUT2D eigenvalue weighted by Gasteiger charge is 2.33. The van der Waals surface area contributed by atoms with Crippen molar-refractivity contribution in [3.05, 3.63) is 66.8 Å². The quantitative estimate of drug-likeness (QED) is 0.383. The number of aromatic nitrogens is 2. The SMILES string of the molecule is Cn1c(=O)n(C)c2cc(/C=C3/SC(=S)N(c4ccc(Br)c(Cl)c4)C3=O)ccc21. The van der Waals surface area contributed by atoms with Crippen molar-refractivity contribution in [2.45, 2.75) is 0 Å². The number of hydrogen-bond donors (Lipinski definition) is 0. The van der Waals surface area contributed by atoms with E-state index in [4.69, 9.17) is 23.8 Å². The van der Waals surface area contributed by atoms with Crippen molar-refractivity contribution < 1.29 is 4.79 Å². The number of anilines is 1. The van der Waals surface area contributed by atoms with Crippen LogP contribution in [-0.4, -0.2) is 19.4 Å². The minimum Gasteiger partial charge on any atom is -0.295 e. The Kier molecular flexibility index (Phi) is 4.99. The molecule has 1 aromatic heterocycles. The van der Waals surface area contributed by atoms with Gasteiger partial charge in [0.2, 0.25) is 0 Å². The molecule has 0 spiro atoms. The molecule has 4 rings (SSSR count). The first kappa shape index (κ1) is 19.4. The van der Waals surface area contributed by atoms with Crippen molar-refractivity contribution in [2.75, 3.05) is 4.90 Å². The molecule has 0 radical (unpaired) electrons. The number of rotatable bonds is 2. The van der Waals surface area contributed by atoms with E-state index in [2.05, 4.69) is 15.9 Å². The Balaban J connectivity index is 1.73. The Labute approximate surface area is 183 Å². The normalized spacial score (nSPS) is 16.0. The molecule has 0 saturated carbocycles. The van der Waals surface area contributed by atoms with Crippen LogP contribution in [0.25, 0.3) is 17.1 Å². The summed E-state index contributed by atoms with van der Waals surface area (Å²) in [5.41, 5.74) is 2.99. The lowest BCUT2D eigenvalue weighted by atomic mass is 10.1. The van der Waals surface area contributed by atoms with Crippen molar-refractivity contribution in [3.63, 3.8) is 0 Å². The lowest BCUT2D eigenvalue weighted by molar-refractivity contribution is -0.113. The number of amides is 1. The number of nitrogens with zero attached hydrogens (tertiary/aromatic N) is 3. The van der Waals surface area contributed by atoms with Gasteiger partial charge in [-0.1, -0.05) is 41.6 Å².